The minimum absolute atomic E-state index is 0.204. The molecule has 0 saturated carbocycles. The first-order valence-corrected chi connectivity index (χ1v) is 8.32. The van der Waals surface area contributed by atoms with Crippen LogP contribution >= 0.6 is 15.9 Å². The van der Waals surface area contributed by atoms with E-state index in [2.05, 4.69) is 21.2 Å². The maximum absolute atomic E-state index is 12.0. The standard InChI is InChI=1S/C18H18BrNO4/c1-2-8-23-16-7-6-13(11-21)17(10-16)24-12-18(22)20-15-5-3-4-14(19)9-15/h3-7,9-11H,2,8,12H2,1H3,(H,20,22). The highest BCUT2D eigenvalue weighted by Gasteiger charge is 2.09. The minimum atomic E-state index is -0.315. The molecule has 5 nitrogen and oxygen atoms in total. The van der Waals surface area contributed by atoms with Crippen molar-refractivity contribution in [3.63, 3.8) is 0 Å². The van der Waals surface area contributed by atoms with Gasteiger partial charge < -0.3 is 14.8 Å². The molecule has 0 atom stereocenters. The monoisotopic (exact) mass is 391 g/mol. The normalized spacial score (nSPS) is 10.1. The van der Waals surface area contributed by atoms with Gasteiger partial charge >= 0.3 is 0 Å². The Labute approximate surface area is 149 Å². The van der Waals surface area contributed by atoms with Crippen molar-refractivity contribution in [1.29, 1.82) is 0 Å². The van der Waals surface area contributed by atoms with Crippen molar-refractivity contribution >= 4 is 33.8 Å². The molecular weight excluding hydrogens is 374 g/mol. The molecule has 2 rings (SSSR count). The molecule has 1 amide bonds. The Morgan fingerprint density at radius 1 is 1.21 bits per heavy atom. The number of carbonyl (C=O) groups is 2. The minimum Gasteiger partial charge on any atom is -0.493 e. The van der Waals surface area contributed by atoms with E-state index in [4.69, 9.17) is 9.47 Å². The van der Waals surface area contributed by atoms with Crippen LogP contribution in [0.5, 0.6) is 11.5 Å². The number of amides is 1. The van der Waals surface area contributed by atoms with Gasteiger partial charge in [0.1, 0.15) is 11.5 Å². The van der Waals surface area contributed by atoms with E-state index in [0.29, 0.717) is 35.6 Å². The molecule has 0 aliphatic carbocycles. The van der Waals surface area contributed by atoms with E-state index >= 15 is 0 Å². The van der Waals surface area contributed by atoms with E-state index in [9.17, 15) is 9.59 Å². The summed E-state index contributed by atoms with van der Waals surface area (Å²) in [4.78, 5) is 23.1. The molecule has 0 unspecified atom stereocenters. The fourth-order valence-electron chi connectivity index (χ4n) is 1.95. The van der Waals surface area contributed by atoms with Gasteiger partial charge in [-0.25, -0.2) is 0 Å². The summed E-state index contributed by atoms with van der Waals surface area (Å²) in [7, 11) is 0. The third kappa shape index (κ3) is 5.38. The molecule has 2 aromatic rings. The van der Waals surface area contributed by atoms with Gasteiger partial charge in [-0.2, -0.15) is 0 Å². The smallest absolute Gasteiger partial charge is 0.262 e. The molecule has 0 radical (unpaired) electrons. The van der Waals surface area contributed by atoms with E-state index in [1.165, 1.54) is 0 Å². The predicted molar refractivity (Wildman–Crippen MR) is 95.9 cm³/mol. The highest BCUT2D eigenvalue weighted by Crippen LogP contribution is 2.24. The summed E-state index contributed by atoms with van der Waals surface area (Å²) in [6, 6.07) is 12.2. The summed E-state index contributed by atoms with van der Waals surface area (Å²) in [5.41, 5.74) is 1.03. The first kappa shape index (κ1) is 18.0. The van der Waals surface area contributed by atoms with Crippen molar-refractivity contribution in [3.8, 4) is 11.5 Å². The van der Waals surface area contributed by atoms with Crippen LogP contribution in [-0.4, -0.2) is 25.4 Å². The first-order chi connectivity index (χ1) is 11.6. The van der Waals surface area contributed by atoms with E-state index in [0.717, 1.165) is 10.9 Å². The summed E-state index contributed by atoms with van der Waals surface area (Å²) >= 11 is 3.34. The van der Waals surface area contributed by atoms with Gasteiger partial charge in [0.15, 0.2) is 12.9 Å². The number of carbonyl (C=O) groups excluding carboxylic acids is 2. The Hall–Kier alpha value is -2.34. The topological polar surface area (TPSA) is 64.6 Å². The largest absolute Gasteiger partial charge is 0.493 e. The fraction of sp³-hybridized carbons (Fsp3) is 0.222. The van der Waals surface area contributed by atoms with Gasteiger partial charge in [0, 0.05) is 16.2 Å². The lowest BCUT2D eigenvalue weighted by atomic mass is 10.2. The van der Waals surface area contributed by atoms with E-state index in [1.807, 2.05) is 19.1 Å². The van der Waals surface area contributed by atoms with Crippen LogP contribution in [0, 0.1) is 0 Å². The highest BCUT2D eigenvalue weighted by atomic mass is 79.9. The zero-order chi connectivity index (χ0) is 17.4. The second-order valence-corrected chi connectivity index (χ2v) is 5.93. The molecule has 1 N–H and O–H groups in total. The van der Waals surface area contributed by atoms with Crippen molar-refractivity contribution in [2.45, 2.75) is 13.3 Å². The number of benzene rings is 2. The number of hydrogen-bond acceptors (Lipinski definition) is 4. The fourth-order valence-corrected chi connectivity index (χ4v) is 2.35. The van der Waals surface area contributed by atoms with Gasteiger partial charge in [0.2, 0.25) is 0 Å². The molecule has 0 saturated heterocycles. The average Bonchev–Trinajstić information content (AvgIpc) is 2.58. The number of halogens is 1. The quantitative estimate of drug-likeness (QED) is 0.688. The first-order valence-electron chi connectivity index (χ1n) is 7.52. The SMILES string of the molecule is CCCOc1ccc(C=O)c(OCC(=O)Nc2cccc(Br)c2)c1. The molecule has 24 heavy (non-hydrogen) atoms. The van der Waals surface area contributed by atoms with Crippen molar-refractivity contribution in [2.24, 2.45) is 0 Å². The van der Waals surface area contributed by atoms with Crippen molar-refractivity contribution in [3.05, 3.63) is 52.5 Å². The predicted octanol–water partition coefficient (Wildman–Crippen LogP) is 4.07. The van der Waals surface area contributed by atoms with Crippen LogP contribution in [-0.2, 0) is 4.79 Å². The number of aldehydes is 1. The molecule has 6 heteroatoms. The molecule has 0 aliphatic heterocycles. The van der Waals surface area contributed by atoms with Gasteiger partial charge in [-0.1, -0.05) is 28.9 Å². The Morgan fingerprint density at radius 2 is 2.04 bits per heavy atom. The van der Waals surface area contributed by atoms with Crippen LogP contribution < -0.4 is 14.8 Å². The lowest BCUT2D eigenvalue weighted by molar-refractivity contribution is -0.118. The molecular formula is C18H18BrNO4. The Balaban J connectivity index is 1.99. The number of hydrogen-bond donors (Lipinski definition) is 1. The lowest BCUT2D eigenvalue weighted by Gasteiger charge is -2.11. The zero-order valence-corrected chi connectivity index (χ0v) is 14.8. The molecule has 0 aliphatic rings. The molecule has 0 fully saturated rings. The van der Waals surface area contributed by atoms with Crippen molar-refractivity contribution in [1.82, 2.24) is 0 Å². The van der Waals surface area contributed by atoms with Gasteiger partial charge in [-0.05, 0) is 36.8 Å². The summed E-state index contributed by atoms with van der Waals surface area (Å²) in [5.74, 6) is 0.609. The van der Waals surface area contributed by atoms with E-state index in [1.54, 1.807) is 30.3 Å². The summed E-state index contributed by atoms with van der Waals surface area (Å²) < 4.78 is 11.9. The van der Waals surface area contributed by atoms with Crippen LogP contribution in [0.25, 0.3) is 0 Å². The summed E-state index contributed by atoms with van der Waals surface area (Å²) in [5, 5.41) is 2.73. The van der Waals surface area contributed by atoms with E-state index in [-0.39, 0.29) is 12.5 Å². The van der Waals surface area contributed by atoms with Gasteiger partial charge in [0.05, 0.1) is 12.2 Å². The average molecular weight is 392 g/mol. The number of nitrogens with one attached hydrogen (secondary N) is 1. The molecule has 0 aromatic heterocycles. The van der Waals surface area contributed by atoms with Crippen LogP contribution in [0.3, 0.4) is 0 Å². The zero-order valence-electron chi connectivity index (χ0n) is 13.3. The number of ether oxygens (including phenoxy) is 2. The summed E-state index contributed by atoms with van der Waals surface area (Å²) in [6.07, 6.45) is 1.56. The van der Waals surface area contributed by atoms with Gasteiger partial charge in [-0.15, -0.1) is 0 Å². The second kappa shape index (κ2) is 9.08. The highest BCUT2D eigenvalue weighted by molar-refractivity contribution is 9.10. The van der Waals surface area contributed by atoms with Crippen molar-refractivity contribution < 1.29 is 19.1 Å². The van der Waals surface area contributed by atoms with Gasteiger partial charge in [-0.3, -0.25) is 9.59 Å². The Kier molecular flexibility index (Phi) is 6.81. The van der Waals surface area contributed by atoms with E-state index < -0.39 is 0 Å². The second-order valence-electron chi connectivity index (χ2n) is 5.01. The van der Waals surface area contributed by atoms with Gasteiger partial charge in [0.25, 0.3) is 5.91 Å². The Bertz CT molecular complexity index is 718. The maximum atomic E-state index is 12.0. The number of rotatable bonds is 8. The molecule has 0 bridgehead atoms. The van der Waals surface area contributed by atoms with Crippen LogP contribution in [0.4, 0.5) is 5.69 Å². The maximum Gasteiger partial charge on any atom is 0.262 e. The van der Waals surface area contributed by atoms with Crippen molar-refractivity contribution in [2.75, 3.05) is 18.5 Å². The molecule has 0 spiro atoms. The Morgan fingerprint density at radius 3 is 2.75 bits per heavy atom. The number of anilines is 1. The molecule has 126 valence electrons. The summed E-state index contributed by atoms with van der Waals surface area (Å²) in [6.45, 7) is 2.37. The molecule has 2 aromatic carbocycles. The third-order valence-corrected chi connectivity index (χ3v) is 3.55. The molecule has 0 heterocycles. The van der Waals surface area contributed by atoms with Crippen LogP contribution in [0.15, 0.2) is 46.9 Å². The lowest BCUT2D eigenvalue weighted by Crippen LogP contribution is -2.20. The third-order valence-electron chi connectivity index (χ3n) is 3.05. The van der Waals surface area contributed by atoms with Crippen LogP contribution in [0.1, 0.15) is 23.7 Å². The van der Waals surface area contributed by atoms with Crippen LogP contribution in [0.2, 0.25) is 0 Å².